The summed E-state index contributed by atoms with van der Waals surface area (Å²) in [6, 6.07) is 0. The molecule has 1 aromatic rings. The maximum absolute atomic E-state index is 12.6. The highest BCUT2D eigenvalue weighted by Crippen LogP contribution is 2.33. The molecule has 0 aliphatic carbocycles. The highest BCUT2D eigenvalue weighted by Gasteiger charge is 2.44. The van der Waals surface area contributed by atoms with Gasteiger partial charge in [0.2, 0.25) is 5.91 Å². The lowest BCUT2D eigenvalue weighted by Crippen LogP contribution is -2.42. The fraction of sp³-hybridized carbons (Fsp3) is 0.643. The van der Waals surface area contributed by atoms with Crippen LogP contribution in [0.15, 0.2) is 0 Å². The van der Waals surface area contributed by atoms with Crippen LogP contribution < -0.4 is 0 Å². The number of nitrogens with zero attached hydrogens (tertiary/aromatic N) is 4. The molecule has 21 heavy (non-hydrogen) atoms. The smallest absolute Gasteiger partial charge is 0.275 e. The van der Waals surface area contributed by atoms with Crippen molar-refractivity contribution in [3.63, 3.8) is 0 Å². The molecule has 3 rings (SSSR count). The van der Waals surface area contributed by atoms with Gasteiger partial charge in [-0.15, -0.1) is 0 Å². The van der Waals surface area contributed by atoms with E-state index in [0.29, 0.717) is 18.1 Å². The van der Waals surface area contributed by atoms with Gasteiger partial charge in [-0.25, -0.2) is 0 Å². The predicted octanol–water partition coefficient (Wildman–Crippen LogP) is 0.932. The highest BCUT2D eigenvalue weighted by molar-refractivity contribution is 6.34. The Hall–Kier alpha value is -1.56. The van der Waals surface area contributed by atoms with Crippen molar-refractivity contribution in [1.29, 1.82) is 0 Å². The summed E-state index contributed by atoms with van der Waals surface area (Å²) in [6.07, 6.45) is 0.950. The van der Waals surface area contributed by atoms with Crippen LogP contribution in [0.1, 0.15) is 22.6 Å². The van der Waals surface area contributed by atoms with Crippen molar-refractivity contribution >= 4 is 23.4 Å². The summed E-state index contributed by atoms with van der Waals surface area (Å²) in [6.45, 7) is 3.69. The summed E-state index contributed by atoms with van der Waals surface area (Å²) in [4.78, 5) is 28.3. The topological polar surface area (TPSA) is 58.4 Å². The molecule has 0 radical (unpaired) electrons. The fourth-order valence-corrected chi connectivity index (χ4v) is 3.47. The third-order valence-electron chi connectivity index (χ3n) is 4.72. The summed E-state index contributed by atoms with van der Waals surface area (Å²) < 4.78 is 1.61. The Balaban J connectivity index is 1.81. The Morgan fingerprint density at radius 1 is 1.33 bits per heavy atom. The second kappa shape index (κ2) is 5.02. The second-order valence-corrected chi connectivity index (χ2v) is 6.37. The summed E-state index contributed by atoms with van der Waals surface area (Å²) in [5.41, 5.74) is 1.06. The van der Waals surface area contributed by atoms with E-state index in [1.165, 1.54) is 0 Å². The lowest BCUT2D eigenvalue weighted by atomic mass is 9.88. The molecule has 0 unspecified atom stereocenters. The standard InChI is InChI=1S/C14H19ClN4O2/c1-8-11(15)12(16-18(8)3)14(21)19-6-9-4-5-17(2)13(20)10(9)7-19/h9-10H,4-7H2,1-3H3/t9-,10+/m1/s1. The van der Waals surface area contributed by atoms with E-state index in [4.69, 9.17) is 11.6 Å². The molecule has 6 nitrogen and oxygen atoms in total. The number of fused-ring (bicyclic) bond motifs is 1. The highest BCUT2D eigenvalue weighted by atomic mass is 35.5. The van der Waals surface area contributed by atoms with Crippen molar-refractivity contribution in [3.8, 4) is 0 Å². The van der Waals surface area contributed by atoms with Crippen LogP contribution in [0.4, 0.5) is 0 Å². The van der Waals surface area contributed by atoms with Gasteiger partial charge in [-0.1, -0.05) is 11.6 Å². The average molecular weight is 311 g/mol. The van der Waals surface area contributed by atoms with E-state index in [9.17, 15) is 9.59 Å². The Kier molecular flexibility index (Phi) is 3.43. The summed E-state index contributed by atoms with van der Waals surface area (Å²) >= 11 is 6.19. The van der Waals surface area contributed by atoms with Crippen LogP contribution in [0.2, 0.25) is 5.02 Å². The molecule has 2 saturated heterocycles. The van der Waals surface area contributed by atoms with Gasteiger partial charge in [-0.2, -0.15) is 5.10 Å². The molecule has 7 heteroatoms. The minimum absolute atomic E-state index is 0.0729. The van der Waals surface area contributed by atoms with Gasteiger partial charge in [0.05, 0.1) is 16.6 Å². The minimum Gasteiger partial charge on any atom is -0.345 e. The largest absolute Gasteiger partial charge is 0.345 e. The zero-order chi connectivity index (χ0) is 15.3. The third kappa shape index (κ3) is 2.21. The number of carbonyl (C=O) groups is 2. The van der Waals surface area contributed by atoms with Crippen LogP contribution in [0, 0.1) is 18.8 Å². The van der Waals surface area contributed by atoms with Gasteiger partial charge in [-0.3, -0.25) is 14.3 Å². The molecule has 3 heterocycles. The van der Waals surface area contributed by atoms with Gasteiger partial charge in [0.1, 0.15) is 0 Å². The number of piperidine rings is 1. The van der Waals surface area contributed by atoms with Crippen molar-refractivity contribution in [2.45, 2.75) is 13.3 Å². The molecular weight excluding hydrogens is 292 g/mol. The van der Waals surface area contributed by atoms with Gasteiger partial charge < -0.3 is 9.80 Å². The molecule has 0 aromatic carbocycles. The van der Waals surface area contributed by atoms with Gasteiger partial charge in [0.15, 0.2) is 5.69 Å². The van der Waals surface area contributed by atoms with E-state index in [0.717, 1.165) is 18.7 Å². The first kappa shape index (κ1) is 14.4. The lowest BCUT2D eigenvalue weighted by Gasteiger charge is -2.30. The molecule has 2 aliphatic rings. The monoisotopic (exact) mass is 310 g/mol. The molecule has 0 N–H and O–H groups in total. The van der Waals surface area contributed by atoms with Crippen molar-refractivity contribution in [2.75, 3.05) is 26.7 Å². The summed E-state index contributed by atoms with van der Waals surface area (Å²) in [5, 5.41) is 4.61. The normalized spacial score (nSPS) is 25.4. The zero-order valence-corrected chi connectivity index (χ0v) is 13.2. The number of aromatic nitrogens is 2. The first-order chi connectivity index (χ1) is 9.90. The van der Waals surface area contributed by atoms with Crippen molar-refractivity contribution < 1.29 is 9.59 Å². The molecule has 1 aromatic heterocycles. The third-order valence-corrected chi connectivity index (χ3v) is 5.17. The first-order valence-electron chi connectivity index (χ1n) is 7.13. The zero-order valence-electron chi connectivity index (χ0n) is 12.5. The van der Waals surface area contributed by atoms with Crippen LogP contribution in [-0.4, -0.2) is 58.1 Å². The van der Waals surface area contributed by atoms with Gasteiger partial charge >= 0.3 is 0 Å². The molecule has 0 spiro atoms. The number of amides is 2. The number of hydrogen-bond donors (Lipinski definition) is 0. The van der Waals surface area contributed by atoms with Gasteiger partial charge in [0, 0.05) is 33.7 Å². The first-order valence-corrected chi connectivity index (χ1v) is 7.51. The molecule has 2 aliphatic heterocycles. The second-order valence-electron chi connectivity index (χ2n) is 6.00. The van der Waals surface area contributed by atoms with Crippen LogP contribution in [0.5, 0.6) is 0 Å². The van der Waals surface area contributed by atoms with Gasteiger partial charge in [0.25, 0.3) is 5.91 Å². The molecule has 114 valence electrons. The summed E-state index contributed by atoms with van der Waals surface area (Å²) in [5.74, 6) is 0.163. The van der Waals surface area contributed by atoms with E-state index in [2.05, 4.69) is 5.10 Å². The van der Waals surface area contributed by atoms with Crippen LogP contribution >= 0.6 is 11.6 Å². The number of aryl methyl sites for hydroxylation is 1. The number of halogens is 1. The SMILES string of the molecule is Cc1c(Cl)c(C(=O)N2C[C@H]3CCN(C)C(=O)[C@H]3C2)nn1C. The van der Waals surface area contributed by atoms with E-state index < -0.39 is 0 Å². The fourth-order valence-electron chi connectivity index (χ4n) is 3.23. The minimum atomic E-state index is -0.173. The Labute approximate surface area is 128 Å². The lowest BCUT2D eigenvalue weighted by molar-refractivity contribution is -0.137. The molecular formula is C14H19ClN4O2. The number of carbonyl (C=O) groups excluding carboxylic acids is 2. The maximum atomic E-state index is 12.6. The van der Waals surface area contributed by atoms with Crippen LogP contribution in [-0.2, 0) is 11.8 Å². The van der Waals surface area contributed by atoms with Crippen LogP contribution in [0.25, 0.3) is 0 Å². The number of likely N-dealkylation sites (tertiary alicyclic amines) is 2. The molecule has 2 amide bonds. The van der Waals surface area contributed by atoms with Crippen LogP contribution in [0.3, 0.4) is 0 Å². The quantitative estimate of drug-likeness (QED) is 0.775. The van der Waals surface area contributed by atoms with Crippen molar-refractivity contribution in [3.05, 3.63) is 16.4 Å². The molecule has 2 atom stereocenters. The molecule has 0 saturated carbocycles. The Bertz CT molecular complexity index is 612. The van der Waals surface area contributed by atoms with E-state index in [-0.39, 0.29) is 29.3 Å². The predicted molar refractivity (Wildman–Crippen MR) is 78.1 cm³/mol. The Morgan fingerprint density at radius 2 is 2.05 bits per heavy atom. The number of hydrogen-bond acceptors (Lipinski definition) is 3. The van der Waals surface area contributed by atoms with Gasteiger partial charge in [-0.05, 0) is 19.3 Å². The van der Waals surface area contributed by atoms with E-state index >= 15 is 0 Å². The average Bonchev–Trinajstić information content (AvgIpc) is 3.00. The maximum Gasteiger partial charge on any atom is 0.275 e. The molecule has 0 bridgehead atoms. The summed E-state index contributed by atoms with van der Waals surface area (Å²) in [7, 11) is 3.59. The van der Waals surface area contributed by atoms with E-state index in [1.54, 1.807) is 21.5 Å². The van der Waals surface area contributed by atoms with Crippen molar-refractivity contribution in [2.24, 2.45) is 18.9 Å². The van der Waals surface area contributed by atoms with Crippen molar-refractivity contribution in [1.82, 2.24) is 19.6 Å². The number of rotatable bonds is 1. The molecule has 2 fully saturated rings. The Morgan fingerprint density at radius 3 is 2.67 bits per heavy atom. The van der Waals surface area contributed by atoms with E-state index in [1.807, 2.05) is 14.0 Å².